The Morgan fingerprint density at radius 3 is 2.59 bits per heavy atom. The predicted molar refractivity (Wildman–Crippen MR) is 59.9 cm³/mol. The molecule has 0 spiro atoms. The van der Waals surface area contributed by atoms with E-state index in [1.165, 1.54) is 4.90 Å². The first-order valence-electron chi connectivity index (χ1n) is 6.02. The molecule has 0 radical (unpaired) electrons. The minimum Gasteiger partial charge on any atom is -0.395 e. The molecule has 0 aromatic heterocycles. The minimum atomic E-state index is -2.49. The molecule has 0 aliphatic heterocycles. The Morgan fingerprint density at radius 1 is 1.41 bits per heavy atom. The van der Waals surface area contributed by atoms with E-state index in [0.29, 0.717) is 0 Å². The third-order valence-electron chi connectivity index (χ3n) is 2.90. The van der Waals surface area contributed by atoms with E-state index in [-0.39, 0.29) is 31.6 Å². The summed E-state index contributed by atoms with van der Waals surface area (Å²) in [6.07, 6.45) is 1.69. The molecule has 100 valence electrons. The van der Waals surface area contributed by atoms with Crippen molar-refractivity contribution in [1.82, 2.24) is 10.2 Å². The molecule has 17 heavy (non-hydrogen) atoms. The molecule has 0 saturated heterocycles. The van der Waals surface area contributed by atoms with Crippen molar-refractivity contribution in [3.05, 3.63) is 0 Å². The van der Waals surface area contributed by atoms with Crippen molar-refractivity contribution in [2.45, 2.75) is 38.2 Å². The van der Waals surface area contributed by atoms with E-state index in [9.17, 15) is 13.6 Å². The van der Waals surface area contributed by atoms with E-state index in [0.717, 1.165) is 25.7 Å². The van der Waals surface area contributed by atoms with Crippen LogP contribution in [0.4, 0.5) is 8.78 Å². The maximum atomic E-state index is 12.2. The summed E-state index contributed by atoms with van der Waals surface area (Å²) in [4.78, 5) is 12.9. The van der Waals surface area contributed by atoms with Gasteiger partial charge in [-0.2, -0.15) is 0 Å². The van der Waals surface area contributed by atoms with E-state index in [2.05, 4.69) is 5.32 Å². The highest BCUT2D eigenvalue weighted by molar-refractivity contribution is 5.78. The molecule has 0 aromatic rings. The van der Waals surface area contributed by atoms with Gasteiger partial charge in [-0.05, 0) is 12.8 Å². The third-order valence-corrected chi connectivity index (χ3v) is 2.90. The average molecular weight is 250 g/mol. The second kappa shape index (κ2) is 7.55. The van der Waals surface area contributed by atoms with Crippen LogP contribution in [0, 0.1) is 0 Å². The quantitative estimate of drug-likeness (QED) is 0.696. The van der Waals surface area contributed by atoms with Crippen LogP contribution in [0.15, 0.2) is 0 Å². The standard InChI is InChI=1S/C11H20F2N2O2/c12-10(13)7-15(5-6-16)8-11(17)14-9-3-1-2-4-9/h9-10,16H,1-8H2,(H,14,17). The highest BCUT2D eigenvalue weighted by atomic mass is 19.3. The molecule has 0 bridgehead atoms. The SMILES string of the molecule is O=C(CN(CCO)CC(F)F)NC1CCCC1. The molecular formula is C11H20F2N2O2. The molecule has 1 saturated carbocycles. The maximum absolute atomic E-state index is 12.2. The Balaban J connectivity index is 2.29. The van der Waals surface area contributed by atoms with Crippen LogP contribution in [0.2, 0.25) is 0 Å². The summed E-state index contributed by atoms with van der Waals surface area (Å²) < 4.78 is 24.4. The van der Waals surface area contributed by atoms with E-state index in [4.69, 9.17) is 5.11 Å². The van der Waals surface area contributed by atoms with E-state index in [1.807, 2.05) is 0 Å². The Kier molecular flexibility index (Phi) is 6.36. The van der Waals surface area contributed by atoms with Crippen molar-refractivity contribution < 1.29 is 18.7 Å². The van der Waals surface area contributed by atoms with Gasteiger partial charge in [-0.1, -0.05) is 12.8 Å². The number of rotatable bonds is 7. The molecule has 0 heterocycles. The van der Waals surface area contributed by atoms with Gasteiger partial charge in [0.2, 0.25) is 5.91 Å². The van der Waals surface area contributed by atoms with Crippen LogP contribution in [0.1, 0.15) is 25.7 Å². The first-order valence-corrected chi connectivity index (χ1v) is 6.02. The monoisotopic (exact) mass is 250 g/mol. The van der Waals surface area contributed by atoms with Crippen LogP contribution in [-0.2, 0) is 4.79 Å². The molecular weight excluding hydrogens is 230 g/mol. The molecule has 0 atom stereocenters. The first kappa shape index (κ1) is 14.3. The largest absolute Gasteiger partial charge is 0.395 e. The van der Waals surface area contributed by atoms with E-state index >= 15 is 0 Å². The van der Waals surface area contributed by atoms with E-state index < -0.39 is 13.0 Å². The fraction of sp³-hybridized carbons (Fsp3) is 0.909. The summed E-state index contributed by atoms with van der Waals surface area (Å²) in [7, 11) is 0. The van der Waals surface area contributed by atoms with Gasteiger partial charge >= 0.3 is 0 Å². The number of alkyl halides is 2. The summed E-state index contributed by atoms with van der Waals surface area (Å²) in [5.74, 6) is -0.231. The second-order valence-corrected chi connectivity index (χ2v) is 4.40. The van der Waals surface area contributed by atoms with Crippen LogP contribution in [-0.4, -0.2) is 54.6 Å². The lowest BCUT2D eigenvalue weighted by molar-refractivity contribution is -0.123. The fourth-order valence-electron chi connectivity index (χ4n) is 2.12. The van der Waals surface area contributed by atoms with Gasteiger partial charge in [0.1, 0.15) is 0 Å². The van der Waals surface area contributed by atoms with Crippen molar-refractivity contribution in [3.8, 4) is 0 Å². The fourth-order valence-corrected chi connectivity index (χ4v) is 2.12. The summed E-state index contributed by atoms with van der Waals surface area (Å²) in [6, 6.07) is 0.199. The average Bonchev–Trinajstić information content (AvgIpc) is 2.69. The number of hydrogen-bond donors (Lipinski definition) is 2. The van der Waals surface area contributed by atoms with Crippen molar-refractivity contribution in [2.75, 3.05) is 26.2 Å². The van der Waals surface area contributed by atoms with Crippen molar-refractivity contribution >= 4 is 5.91 Å². The number of aliphatic hydroxyl groups excluding tert-OH is 1. The van der Waals surface area contributed by atoms with Gasteiger partial charge in [-0.3, -0.25) is 9.69 Å². The molecule has 2 N–H and O–H groups in total. The Bertz CT molecular complexity index is 234. The lowest BCUT2D eigenvalue weighted by atomic mass is 10.2. The second-order valence-electron chi connectivity index (χ2n) is 4.40. The molecule has 1 amide bonds. The number of halogens is 2. The summed E-state index contributed by atoms with van der Waals surface area (Å²) >= 11 is 0. The summed E-state index contributed by atoms with van der Waals surface area (Å²) in [6.45, 7) is -0.661. The molecule has 0 unspecified atom stereocenters. The maximum Gasteiger partial charge on any atom is 0.251 e. The lowest BCUT2D eigenvalue weighted by Crippen LogP contribution is -2.43. The zero-order chi connectivity index (χ0) is 12.7. The molecule has 0 aromatic carbocycles. The van der Waals surface area contributed by atoms with E-state index in [1.54, 1.807) is 0 Å². The van der Waals surface area contributed by atoms with Gasteiger partial charge in [0.05, 0.1) is 19.7 Å². The zero-order valence-electron chi connectivity index (χ0n) is 9.87. The molecule has 1 aliphatic rings. The van der Waals surface area contributed by atoms with Crippen molar-refractivity contribution in [2.24, 2.45) is 0 Å². The number of amides is 1. The smallest absolute Gasteiger partial charge is 0.251 e. The third kappa shape index (κ3) is 5.93. The lowest BCUT2D eigenvalue weighted by Gasteiger charge is -2.21. The topological polar surface area (TPSA) is 52.6 Å². The van der Waals surface area contributed by atoms with Crippen LogP contribution in [0.5, 0.6) is 0 Å². The van der Waals surface area contributed by atoms with Gasteiger partial charge in [-0.15, -0.1) is 0 Å². The van der Waals surface area contributed by atoms with Gasteiger partial charge in [0, 0.05) is 12.6 Å². The number of hydrogen-bond acceptors (Lipinski definition) is 3. The zero-order valence-corrected chi connectivity index (χ0v) is 9.87. The van der Waals surface area contributed by atoms with Gasteiger partial charge < -0.3 is 10.4 Å². The number of nitrogens with zero attached hydrogens (tertiary/aromatic N) is 1. The molecule has 4 nitrogen and oxygen atoms in total. The summed E-state index contributed by atoms with van der Waals surface area (Å²) in [5.41, 5.74) is 0. The van der Waals surface area contributed by atoms with Crippen LogP contribution in [0.25, 0.3) is 0 Å². The Labute approximate surface area is 100.0 Å². The van der Waals surface area contributed by atoms with Crippen LogP contribution in [0.3, 0.4) is 0 Å². The number of nitrogens with one attached hydrogen (secondary N) is 1. The number of carbonyl (C=O) groups excluding carboxylic acids is 1. The van der Waals surface area contributed by atoms with Crippen molar-refractivity contribution in [1.29, 1.82) is 0 Å². The molecule has 1 aliphatic carbocycles. The normalized spacial score (nSPS) is 17.0. The number of carbonyl (C=O) groups is 1. The first-order chi connectivity index (χ1) is 8.11. The molecule has 6 heteroatoms. The predicted octanol–water partition coefficient (Wildman–Crippen LogP) is 0.605. The van der Waals surface area contributed by atoms with Gasteiger partial charge in [-0.25, -0.2) is 8.78 Å². The highest BCUT2D eigenvalue weighted by Crippen LogP contribution is 2.17. The van der Waals surface area contributed by atoms with Gasteiger partial charge in [0.15, 0.2) is 0 Å². The minimum absolute atomic E-state index is 0.0681. The highest BCUT2D eigenvalue weighted by Gasteiger charge is 2.19. The molecule has 1 fully saturated rings. The summed E-state index contributed by atoms with van der Waals surface area (Å²) in [5, 5.41) is 11.6. The van der Waals surface area contributed by atoms with Gasteiger partial charge in [0.25, 0.3) is 6.43 Å². The molecule has 1 rings (SSSR count). The van der Waals surface area contributed by atoms with Crippen molar-refractivity contribution in [3.63, 3.8) is 0 Å². The Hall–Kier alpha value is -0.750. The van der Waals surface area contributed by atoms with Crippen LogP contribution >= 0.6 is 0 Å². The Morgan fingerprint density at radius 2 is 2.06 bits per heavy atom. The van der Waals surface area contributed by atoms with Crippen LogP contribution < -0.4 is 5.32 Å². The number of aliphatic hydroxyl groups is 1.